The molecule has 2 aromatic rings. The van der Waals surface area contributed by atoms with E-state index in [9.17, 15) is 4.79 Å². The van der Waals surface area contributed by atoms with Crippen LogP contribution in [0, 0.1) is 13.8 Å². The molecule has 0 radical (unpaired) electrons. The van der Waals surface area contributed by atoms with Gasteiger partial charge in [-0.25, -0.2) is 0 Å². The van der Waals surface area contributed by atoms with Gasteiger partial charge >= 0.3 is 0 Å². The molecule has 2 aromatic carbocycles. The molecule has 4 heteroatoms. The zero-order valence-corrected chi connectivity index (χ0v) is 16.2. The number of carbonyl (C=O) groups is 1. The maximum Gasteiger partial charge on any atom is 0.261 e. The molecular weight excluding hydrogens is 326 g/mol. The molecule has 1 amide bonds. The van der Waals surface area contributed by atoms with E-state index >= 15 is 0 Å². The molecular formula is C22H29NO3. The van der Waals surface area contributed by atoms with Crippen LogP contribution in [0.25, 0.3) is 0 Å². The quantitative estimate of drug-likeness (QED) is 0.685. The molecule has 26 heavy (non-hydrogen) atoms. The van der Waals surface area contributed by atoms with Crippen LogP contribution in [0.5, 0.6) is 11.5 Å². The van der Waals surface area contributed by atoms with Crippen LogP contribution in [0.3, 0.4) is 0 Å². The maximum atomic E-state index is 12.3. The standard InChI is InChI=1S/C22H29NO3/c1-5-18-8-11-19(12-9-18)25-14-13-23-22(24)21(6-2)26-20-10-7-16(3)17(4)15-20/h7-12,15,21H,5-6,13-14H2,1-4H3,(H,23,24)/t21-/m0/s1. The number of carbonyl (C=O) groups excluding carboxylic acids is 1. The predicted octanol–water partition coefficient (Wildman–Crippen LogP) is 4.22. The Morgan fingerprint density at radius 3 is 2.31 bits per heavy atom. The number of ether oxygens (including phenoxy) is 2. The number of amides is 1. The average molecular weight is 355 g/mol. The molecule has 4 nitrogen and oxygen atoms in total. The van der Waals surface area contributed by atoms with Crippen LogP contribution in [-0.2, 0) is 11.2 Å². The van der Waals surface area contributed by atoms with Gasteiger partial charge in [-0.2, -0.15) is 0 Å². The van der Waals surface area contributed by atoms with Crippen LogP contribution >= 0.6 is 0 Å². The Hall–Kier alpha value is -2.49. The lowest BCUT2D eigenvalue weighted by Gasteiger charge is -2.18. The zero-order chi connectivity index (χ0) is 18.9. The highest BCUT2D eigenvalue weighted by atomic mass is 16.5. The Morgan fingerprint density at radius 2 is 1.69 bits per heavy atom. The van der Waals surface area contributed by atoms with Gasteiger partial charge < -0.3 is 14.8 Å². The molecule has 0 aliphatic rings. The van der Waals surface area contributed by atoms with Crippen molar-refractivity contribution in [2.75, 3.05) is 13.2 Å². The van der Waals surface area contributed by atoms with E-state index in [4.69, 9.17) is 9.47 Å². The van der Waals surface area contributed by atoms with Gasteiger partial charge in [-0.1, -0.05) is 32.0 Å². The minimum atomic E-state index is -0.499. The first kappa shape index (κ1) is 19.8. The normalized spacial score (nSPS) is 11.7. The Bertz CT molecular complexity index is 710. The summed E-state index contributed by atoms with van der Waals surface area (Å²) in [6, 6.07) is 13.9. The Labute approximate surface area is 156 Å². The molecule has 1 atom stereocenters. The molecule has 0 aliphatic carbocycles. The minimum absolute atomic E-state index is 0.115. The lowest BCUT2D eigenvalue weighted by molar-refractivity contribution is -0.128. The Kier molecular flexibility index (Phi) is 7.52. The number of hydrogen-bond donors (Lipinski definition) is 1. The van der Waals surface area contributed by atoms with Gasteiger partial charge in [0.25, 0.3) is 5.91 Å². The number of hydrogen-bond acceptors (Lipinski definition) is 3. The summed E-state index contributed by atoms with van der Waals surface area (Å²) in [5.74, 6) is 1.42. The van der Waals surface area contributed by atoms with Crippen molar-refractivity contribution in [1.82, 2.24) is 5.32 Å². The first-order valence-electron chi connectivity index (χ1n) is 9.26. The van der Waals surface area contributed by atoms with E-state index in [1.807, 2.05) is 44.2 Å². The van der Waals surface area contributed by atoms with Crippen molar-refractivity contribution in [3.8, 4) is 11.5 Å². The molecule has 0 bridgehead atoms. The zero-order valence-electron chi connectivity index (χ0n) is 16.2. The van der Waals surface area contributed by atoms with Crippen LogP contribution in [0.2, 0.25) is 0 Å². The maximum absolute atomic E-state index is 12.3. The fraction of sp³-hybridized carbons (Fsp3) is 0.409. The highest BCUT2D eigenvalue weighted by molar-refractivity contribution is 5.81. The average Bonchev–Trinajstić information content (AvgIpc) is 2.66. The monoisotopic (exact) mass is 355 g/mol. The van der Waals surface area contributed by atoms with Crippen LogP contribution in [0.15, 0.2) is 42.5 Å². The molecule has 0 saturated heterocycles. The lowest BCUT2D eigenvalue weighted by atomic mass is 10.1. The molecule has 0 fully saturated rings. The fourth-order valence-electron chi connectivity index (χ4n) is 2.55. The highest BCUT2D eigenvalue weighted by Crippen LogP contribution is 2.18. The van der Waals surface area contributed by atoms with E-state index in [1.54, 1.807) is 0 Å². The molecule has 0 spiro atoms. The van der Waals surface area contributed by atoms with E-state index in [2.05, 4.69) is 31.3 Å². The van der Waals surface area contributed by atoms with Crippen LogP contribution < -0.4 is 14.8 Å². The van der Waals surface area contributed by atoms with Gasteiger partial charge in [0.2, 0.25) is 0 Å². The van der Waals surface area contributed by atoms with Gasteiger partial charge in [-0.3, -0.25) is 4.79 Å². The van der Waals surface area contributed by atoms with Crippen molar-refractivity contribution in [3.05, 3.63) is 59.2 Å². The molecule has 0 aliphatic heterocycles. The van der Waals surface area contributed by atoms with Crippen molar-refractivity contribution in [2.45, 2.75) is 46.6 Å². The van der Waals surface area contributed by atoms with Gasteiger partial charge in [-0.15, -0.1) is 0 Å². The predicted molar refractivity (Wildman–Crippen MR) is 105 cm³/mol. The van der Waals surface area contributed by atoms with E-state index in [-0.39, 0.29) is 5.91 Å². The third-order valence-corrected chi connectivity index (χ3v) is 4.42. The van der Waals surface area contributed by atoms with E-state index < -0.39 is 6.10 Å². The fourth-order valence-corrected chi connectivity index (χ4v) is 2.55. The summed E-state index contributed by atoms with van der Waals surface area (Å²) >= 11 is 0. The lowest BCUT2D eigenvalue weighted by Crippen LogP contribution is -2.39. The van der Waals surface area contributed by atoms with E-state index in [1.165, 1.54) is 11.1 Å². The number of nitrogens with one attached hydrogen (secondary N) is 1. The molecule has 0 unspecified atom stereocenters. The van der Waals surface area contributed by atoms with Crippen LogP contribution in [-0.4, -0.2) is 25.2 Å². The smallest absolute Gasteiger partial charge is 0.261 e. The Balaban J connectivity index is 1.78. The highest BCUT2D eigenvalue weighted by Gasteiger charge is 2.18. The van der Waals surface area contributed by atoms with E-state index in [0.717, 1.165) is 23.5 Å². The van der Waals surface area contributed by atoms with Crippen molar-refractivity contribution in [1.29, 1.82) is 0 Å². The summed E-state index contributed by atoms with van der Waals surface area (Å²) in [6.07, 6.45) is 1.12. The molecule has 0 aromatic heterocycles. The largest absolute Gasteiger partial charge is 0.492 e. The van der Waals surface area contributed by atoms with Crippen molar-refractivity contribution in [3.63, 3.8) is 0 Å². The second-order valence-corrected chi connectivity index (χ2v) is 6.40. The molecule has 1 N–H and O–H groups in total. The van der Waals surface area contributed by atoms with Crippen molar-refractivity contribution in [2.24, 2.45) is 0 Å². The minimum Gasteiger partial charge on any atom is -0.492 e. The number of rotatable bonds is 9. The topological polar surface area (TPSA) is 47.6 Å². The first-order valence-corrected chi connectivity index (χ1v) is 9.26. The molecule has 140 valence electrons. The summed E-state index contributed by atoms with van der Waals surface area (Å²) in [5, 5.41) is 2.88. The van der Waals surface area contributed by atoms with Crippen molar-refractivity contribution < 1.29 is 14.3 Å². The van der Waals surface area contributed by atoms with Crippen molar-refractivity contribution >= 4 is 5.91 Å². The van der Waals surface area contributed by atoms with Gasteiger partial charge in [0.15, 0.2) is 6.10 Å². The second-order valence-electron chi connectivity index (χ2n) is 6.40. The second kappa shape index (κ2) is 9.85. The number of aryl methyl sites for hydroxylation is 3. The molecule has 2 rings (SSSR count). The van der Waals surface area contributed by atoms with E-state index in [0.29, 0.717) is 19.6 Å². The van der Waals surface area contributed by atoms with Gasteiger partial charge in [0, 0.05) is 0 Å². The summed E-state index contributed by atoms with van der Waals surface area (Å²) < 4.78 is 11.5. The Morgan fingerprint density at radius 1 is 1.00 bits per heavy atom. The summed E-state index contributed by atoms with van der Waals surface area (Å²) in [7, 11) is 0. The van der Waals surface area contributed by atoms with Gasteiger partial charge in [0.05, 0.1) is 6.54 Å². The summed E-state index contributed by atoms with van der Waals surface area (Å²) in [4.78, 5) is 12.3. The van der Waals surface area contributed by atoms with Crippen LogP contribution in [0.1, 0.15) is 37.0 Å². The molecule has 0 heterocycles. The third-order valence-electron chi connectivity index (χ3n) is 4.42. The van der Waals surface area contributed by atoms with Gasteiger partial charge in [-0.05, 0) is 67.6 Å². The third kappa shape index (κ3) is 5.80. The van der Waals surface area contributed by atoms with Gasteiger partial charge in [0.1, 0.15) is 18.1 Å². The van der Waals surface area contributed by atoms with Crippen LogP contribution in [0.4, 0.5) is 0 Å². The SMILES string of the molecule is CCc1ccc(OCCNC(=O)[C@H](CC)Oc2ccc(C)c(C)c2)cc1. The first-order chi connectivity index (χ1) is 12.5. The summed E-state index contributed by atoms with van der Waals surface area (Å²) in [6.45, 7) is 9.03. The number of benzene rings is 2. The molecule has 0 saturated carbocycles. The summed E-state index contributed by atoms with van der Waals surface area (Å²) in [5.41, 5.74) is 3.64.